The van der Waals surface area contributed by atoms with E-state index in [1.807, 2.05) is 24.3 Å². The van der Waals surface area contributed by atoms with Gasteiger partial charge in [0.05, 0.1) is 7.11 Å². The summed E-state index contributed by atoms with van der Waals surface area (Å²) < 4.78 is 39.5. The number of fused-ring (bicyclic) bond motifs is 3. The molecule has 25 heavy (non-hydrogen) atoms. The van der Waals surface area contributed by atoms with Crippen molar-refractivity contribution in [1.29, 1.82) is 0 Å². The molecule has 2 aliphatic rings. The second kappa shape index (κ2) is 5.90. The number of halogens is 2. The Morgan fingerprint density at radius 1 is 1.16 bits per heavy atom. The van der Waals surface area contributed by atoms with Gasteiger partial charge < -0.3 is 14.6 Å². The maximum absolute atomic E-state index is 14.1. The molecule has 5 heteroatoms. The molecule has 1 aliphatic carbocycles. The lowest BCUT2D eigenvalue weighted by Gasteiger charge is -2.44. The summed E-state index contributed by atoms with van der Waals surface area (Å²) in [6.07, 6.45) is -0.213. The van der Waals surface area contributed by atoms with Crippen LogP contribution in [0, 0.1) is 5.92 Å². The van der Waals surface area contributed by atoms with E-state index in [2.05, 4.69) is 0 Å². The van der Waals surface area contributed by atoms with E-state index in [0.29, 0.717) is 17.7 Å². The van der Waals surface area contributed by atoms with Gasteiger partial charge in [-0.3, -0.25) is 0 Å². The molecule has 2 aromatic rings. The number of aromatic hydroxyl groups is 1. The van der Waals surface area contributed by atoms with E-state index in [1.165, 1.54) is 6.07 Å². The highest BCUT2D eigenvalue weighted by molar-refractivity contribution is 5.45. The summed E-state index contributed by atoms with van der Waals surface area (Å²) in [5, 5.41) is 9.79. The van der Waals surface area contributed by atoms with Crippen LogP contribution >= 0.6 is 0 Å². The minimum absolute atomic E-state index is 0.0395. The molecule has 1 fully saturated rings. The van der Waals surface area contributed by atoms with E-state index in [4.69, 9.17) is 9.47 Å². The zero-order valence-electron chi connectivity index (χ0n) is 13.9. The molecule has 3 atom stereocenters. The molecule has 0 unspecified atom stereocenters. The summed E-state index contributed by atoms with van der Waals surface area (Å²) in [6, 6.07) is 12.3. The lowest BCUT2D eigenvalue weighted by molar-refractivity contribution is -0.0767. The molecule has 4 rings (SSSR count). The minimum Gasteiger partial charge on any atom is -0.508 e. The first-order valence-corrected chi connectivity index (χ1v) is 8.48. The van der Waals surface area contributed by atoms with Gasteiger partial charge in [0, 0.05) is 30.2 Å². The van der Waals surface area contributed by atoms with Crippen LogP contribution in [0.5, 0.6) is 17.2 Å². The SMILES string of the molecule is COc1ccc([C@H]2Oc3ccc(O)cc3[C@H]3CC(F)(F)CC[C@H]32)cc1. The second-order valence-electron chi connectivity index (χ2n) is 6.90. The van der Waals surface area contributed by atoms with Crippen molar-refractivity contribution in [1.82, 2.24) is 0 Å². The Kier molecular flexibility index (Phi) is 3.82. The Balaban J connectivity index is 1.75. The normalized spacial score (nSPS) is 26.9. The number of rotatable bonds is 2. The molecule has 0 amide bonds. The molecular weight excluding hydrogens is 326 g/mol. The van der Waals surface area contributed by atoms with Crippen LogP contribution < -0.4 is 9.47 Å². The number of alkyl halides is 2. The van der Waals surface area contributed by atoms with Crippen molar-refractivity contribution in [2.24, 2.45) is 5.92 Å². The smallest absolute Gasteiger partial charge is 0.248 e. The Labute approximate surface area is 145 Å². The number of ether oxygens (including phenoxy) is 2. The van der Waals surface area contributed by atoms with E-state index >= 15 is 0 Å². The third kappa shape index (κ3) is 2.92. The molecule has 0 radical (unpaired) electrons. The number of phenolic OH excluding ortho intramolecular Hbond substituents is 1. The van der Waals surface area contributed by atoms with Crippen molar-refractivity contribution >= 4 is 0 Å². The van der Waals surface area contributed by atoms with E-state index in [0.717, 1.165) is 11.3 Å². The largest absolute Gasteiger partial charge is 0.508 e. The van der Waals surface area contributed by atoms with Crippen molar-refractivity contribution in [3.63, 3.8) is 0 Å². The standard InChI is InChI=1S/C20H20F2O3/c1-24-14-5-2-12(3-6-14)19-15-8-9-20(21,22)11-17(15)16-10-13(23)4-7-18(16)25-19/h2-7,10,15,17,19,23H,8-9,11H2,1H3/t15-,17+,19-/m1/s1. The summed E-state index contributed by atoms with van der Waals surface area (Å²) >= 11 is 0. The lowest BCUT2D eigenvalue weighted by atomic mass is 9.68. The van der Waals surface area contributed by atoms with E-state index in [9.17, 15) is 13.9 Å². The van der Waals surface area contributed by atoms with Gasteiger partial charge in [-0.2, -0.15) is 0 Å². The predicted molar refractivity (Wildman–Crippen MR) is 89.5 cm³/mol. The van der Waals surface area contributed by atoms with Crippen molar-refractivity contribution in [3.05, 3.63) is 53.6 Å². The highest BCUT2D eigenvalue weighted by Crippen LogP contribution is 2.56. The minimum atomic E-state index is -2.67. The zero-order chi connectivity index (χ0) is 17.6. The second-order valence-corrected chi connectivity index (χ2v) is 6.90. The van der Waals surface area contributed by atoms with E-state index in [-0.39, 0.29) is 36.5 Å². The molecule has 0 aromatic heterocycles. The zero-order valence-corrected chi connectivity index (χ0v) is 13.9. The third-order valence-electron chi connectivity index (χ3n) is 5.36. The molecule has 0 saturated heterocycles. The first-order chi connectivity index (χ1) is 12.0. The fraction of sp³-hybridized carbons (Fsp3) is 0.400. The average molecular weight is 346 g/mol. The fourth-order valence-corrected chi connectivity index (χ4v) is 4.12. The number of hydrogen-bond donors (Lipinski definition) is 1. The molecular formula is C20H20F2O3. The summed E-state index contributed by atoms with van der Waals surface area (Å²) in [6.45, 7) is 0. The molecule has 0 bridgehead atoms. The average Bonchev–Trinajstić information content (AvgIpc) is 2.60. The summed E-state index contributed by atoms with van der Waals surface area (Å²) in [5.74, 6) is -1.63. The van der Waals surface area contributed by atoms with E-state index in [1.54, 1.807) is 19.2 Å². The van der Waals surface area contributed by atoms with Crippen LogP contribution in [-0.4, -0.2) is 18.1 Å². The molecule has 1 N–H and O–H groups in total. The van der Waals surface area contributed by atoms with Gasteiger partial charge in [-0.15, -0.1) is 0 Å². The lowest BCUT2D eigenvalue weighted by Crippen LogP contribution is -2.38. The molecule has 132 valence electrons. The Morgan fingerprint density at radius 3 is 2.64 bits per heavy atom. The maximum atomic E-state index is 14.1. The van der Waals surface area contributed by atoms with Crippen LogP contribution in [0.2, 0.25) is 0 Å². The van der Waals surface area contributed by atoms with Crippen LogP contribution in [0.4, 0.5) is 8.78 Å². The monoisotopic (exact) mass is 346 g/mol. The van der Waals surface area contributed by atoms with Crippen LogP contribution in [0.1, 0.15) is 42.4 Å². The third-order valence-corrected chi connectivity index (χ3v) is 5.36. The van der Waals surface area contributed by atoms with Gasteiger partial charge in [0.1, 0.15) is 23.4 Å². The topological polar surface area (TPSA) is 38.7 Å². The Bertz CT molecular complexity index is 773. The van der Waals surface area contributed by atoms with Gasteiger partial charge in [-0.05, 0) is 42.3 Å². The van der Waals surface area contributed by atoms with Gasteiger partial charge >= 0.3 is 0 Å². The maximum Gasteiger partial charge on any atom is 0.248 e. The van der Waals surface area contributed by atoms with Crippen molar-refractivity contribution in [2.45, 2.75) is 37.2 Å². The number of hydrogen-bond acceptors (Lipinski definition) is 3. The highest BCUT2D eigenvalue weighted by atomic mass is 19.3. The number of benzene rings is 2. The first-order valence-electron chi connectivity index (χ1n) is 8.48. The van der Waals surface area contributed by atoms with Gasteiger partial charge in [-0.25, -0.2) is 8.78 Å². The molecule has 1 saturated carbocycles. The summed E-state index contributed by atoms with van der Waals surface area (Å²) in [5.41, 5.74) is 1.65. The van der Waals surface area contributed by atoms with Gasteiger partial charge in [0.2, 0.25) is 5.92 Å². The molecule has 1 aliphatic heterocycles. The van der Waals surface area contributed by atoms with Crippen LogP contribution in [-0.2, 0) is 0 Å². The van der Waals surface area contributed by atoms with Gasteiger partial charge in [0.15, 0.2) is 0 Å². The highest BCUT2D eigenvalue weighted by Gasteiger charge is 2.48. The predicted octanol–water partition coefficient (Wildman–Crippen LogP) is 5.05. The quantitative estimate of drug-likeness (QED) is 0.827. The molecule has 1 heterocycles. The number of methoxy groups -OCH3 is 1. The van der Waals surface area contributed by atoms with Gasteiger partial charge in [-0.1, -0.05) is 12.1 Å². The fourth-order valence-electron chi connectivity index (χ4n) is 4.12. The van der Waals surface area contributed by atoms with Crippen LogP contribution in [0.3, 0.4) is 0 Å². The van der Waals surface area contributed by atoms with Crippen LogP contribution in [0.25, 0.3) is 0 Å². The van der Waals surface area contributed by atoms with Crippen molar-refractivity contribution in [3.8, 4) is 17.2 Å². The molecule has 3 nitrogen and oxygen atoms in total. The summed E-state index contributed by atoms with van der Waals surface area (Å²) in [7, 11) is 1.61. The summed E-state index contributed by atoms with van der Waals surface area (Å²) in [4.78, 5) is 0. The van der Waals surface area contributed by atoms with Crippen molar-refractivity contribution in [2.75, 3.05) is 7.11 Å². The van der Waals surface area contributed by atoms with Gasteiger partial charge in [0.25, 0.3) is 0 Å². The van der Waals surface area contributed by atoms with Crippen molar-refractivity contribution < 1.29 is 23.4 Å². The molecule has 0 spiro atoms. The van der Waals surface area contributed by atoms with E-state index < -0.39 is 5.92 Å². The van der Waals surface area contributed by atoms with Crippen LogP contribution in [0.15, 0.2) is 42.5 Å². The Hall–Kier alpha value is -2.30. The Morgan fingerprint density at radius 2 is 1.92 bits per heavy atom. The number of phenols is 1. The first kappa shape index (κ1) is 16.2. The molecule has 2 aromatic carbocycles.